The maximum absolute atomic E-state index is 12.1. The highest BCUT2D eigenvalue weighted by molar-refractivity contribution is 7.89. The maximum Gasteiger partial charge on any atom is 0.240 e. The summed E-state index contributed by atoms with van der Waals surface area (Å²) in [7, 11) is -3.45. The van der Waals surface area contributed by atoms with Crippen molar-refractivity contribution in [2.24, 2.45) is 11.7 Å². The molecular formula is C14H24N2O2S. The van der Waals surface area contributed by atoms with Crippen LogP contribution in [0.3, 0.4) is 0 Å². The first-order chi connectivity index (χ1) is 8.86. The summed E-state index contributed by atoms with van der Waals surface area (Å²) in [5.74, 6) is 0.245. The highest BCUT2D eigenvalue weighted by atomic mass is 32.2. The zero-order chi connectivity index (χ0) is 14.5. The van der Waals surface area contributed by atoms with E-state index in [4.69, 9.17) is 5.73 Å². The van der Waals surface area contributed by atoms with Gasteiger partial charge in [-0.3, -0.25) is 0 Å². The predicted octanol–water partition coefficient (Wildman–Crippen LogP) is 1.90. The second-order valence-corrected chi connectivity index (χ2v) is 6.92. The standard InChI is InChI=1S/C14H24N2O2S/c1-4-5-12-6-8-13(9-7-12)19(17,18)16-10-14(15)11(2)3/h6-9,11,14,16H,4-5,10,15H2,1-3H3. The highest BCUT2D eigenvalue weighted by Crippen LogP contribution is 2.12. The molecule has 1 aromatic rings. The van der Waals surface area contributed by atoms with Crippen molar-refractivity contribution in [2.45, 2.75) is 44.6 Å². The summed E-state index contributed by atoms with van der Waals surface area (Å²) in [6.45, 7) is 6.30. The van der Waals surface area contributed by atoms with Gasteiger partial charge in [-0.25, -0.2) is 13.1 Å². The first-order valence-corrected chi connectivity index (χ1v) is 8.19. The van der Waals surface area contributed by atoms with E-state index in [2.05, 4.69) is 11.6 Å². The zero-order valence-corrected chi connectivity index (χ0v) is 12.7. The van der Waals surface area contributed by atoms with Crippen LogP contribution in [-0.2, 0) is 16.4 Å². The summed E-state index contributed by atoms with van der Waals surface area (Å²) in [5, 5.41) is 0. The molecule has 0 saturated carbocycles. The van der Waals surface area contributed by atoms with Gasteiger partial charge < -0.3 is 5.73 Å². The van der Waals surface area contributed by atoms with Crippen molar-refractivity contribution in [2.75, 3.05) is 6.54 Å². The summed E-state index contributed by atoms with van der Waals surface area (Å²) >= 11 is 0. The van der Waals surface area contributed by atoms with Gasteiger partial charge in [0.05, 0.1) is 4.90 Å². The average molecular weight is 284 g/mol. The topological polar surface area (TPSA) is 72.2 Å². The molecule has 0 saturated heterocycles. The van der Waals surface area contributed by atoms with Gasteiger partial charge in [-0.15, -0.1) is 0 Å². The fourth-order valence-electron chi connectivity index (χ4n) is 1.65. The van der Waals surface area contributed by atoms with E-state index < -0.39 is 10.0 Å². The highest BCUT2D eigenvalue weighted by Gasteiger charge is 2.16. The second kappa shape index (κ2) is 7.03. The molecule has 3 N–H and O–H groups in total. The van der Waals surface area contributed by atoms with Crippen molar-refractivity contribution in [3.63, 3.8) is 0 Å². The first-order valence-electron chi connectivity index (χ1n) is 6.71. The van der Waals surface area contributed by atoms with Crippen molar-refractivity contribution in [1.29, 1.82) is 0 Å². The van der Waals surface area contributed by atoms with Gasteiger partial charge in [0, 0.05) is 12.6 Å². The summed E-state index contributed by atoms with van der Waals surface area (Å²) in [6, 6.07) is 6.85. The van der Waals surface area contributed by atoms with Gasteiger partial charge in [0.2, 0.25) is 10.0 Å². The second-order valence-electron chi connectivity index (χ2n) is 5.15. The third-order valence-corrected chi connectivity index (χ3v) is 4.58. The van der Waals surface area contributed by atoms with Crippen LogP contribution in [0.1, 0.15) is 32.8 Å². The Labute approximate surface area is 116 Å². The third kappa shape index (κ3) is 4.93. The minimum atomic E-state index is -3.45. The number of hydrogen-bond donors (Lipinski definition) is 2. The molecule has 4 nitrogen and oxygen atoms in total. The average Bonchev–Trinajstić information content (AvgIpc) is 2.37. The lowest BCUT2D eigenvalue weighted by atomic mass is 10.1. The van der Waals surface area contributed by atoms with Crippen LogP contribution in [0, 0.1) is 5.92 Å². The lowest BCUT2D eigenvalue weighted by molar-refractivity contribution is 0.481. The monoisotopic (exact) mass is 284 g/mol. The van der Waals surface area contributed by atoms with E-state index in [0.29, 0.717) is 4.90 Å². The lowest BCUT2D eigenvalue weighted by Gasteiger charge is -2.16. The Morgan fingerprint density at radius 1 is 1.21 bits per heavy atom. The summed E-state index contributed by atoms with van der Waals surface area (Å²) in [4.78, 5) is 0.295. The predicted molar refractivity (Wildman–Crippen MR) is 78.4 cm³/mol. The Kier molecular flexibility index (Phi) is 5.97. The fraction of sp³-hybridized carbons (Fsp3) is 0.571. The first kappa shape index (κ1) is 16.1. The van der Waals surface area contributed by atoms with E-state index in [0.717, 1.165) is 18.4 Å². The van der Waals surface area contributed by atoms with E-state index in [1.54, 1.807) is 12.1 Å². The van der Waals surface area contributed by atoms with Crippen LogP contribution in [0.15, 0.2) is 29.2 Å². The van der Waals surface area contributed by atoms with E-state index in [9.17, 15) is 8.42 Å². The number of rotatable bonds is 7. The molecule has 0 bridgehead atoms. The van der Waals surface area contributed by atoms with Gasteiger partial charge in [-0.2, -0.15) is 0 Å². The molecule has 0 spiro atoms. The molecule has 1 rings (SSSR count). The molecule has 108 valence electrons. The molecule has 1 atom stereocenters. The zero-order valence-electron chi connectivity index (χ0n) is 11.9. The van der Waals surface area contributed by atoms with Gasteiger partial charge in [-0.05, 0) is 30.0 Å². The van der Waals surface area contributed by atoms with Crippen molar-refractivity contribution in [3.8, 4) is 0 Å². The Bertz CT molecular complexity index is 481. The molecule has 0 aliphatic rings. The molecule has 0 radical (unpaired) electrons. The number of aryl methyl sites for hydroxylation is 1. The van der Waals surface area contributed by atoms with Gasteiger partial charge in [0.15, 0.2) is 0 Å². The Morgan fingerprint density at radius 3 is 2.26 bits per heavy atom. The lowest BCUT2D eigenvalue weighted by Crippen LogP contribution is -2.40. The summed E-state index contributed by atoms with van der Waals surface area (Å²) < 4.78 is 26.7. The Hall–Kier alpha value is -0.910. The summed E-state index contributed by atoms with van der Waals surface area (Å²) in [6.07, 6.45) is 2.01. The molecular weight excluding hydrogens is 260 g/mol. The molecule has 0 aromatic heterocycles. The van der Waals surface area contributed by atoms with E-state index >= 15 is 0 Å². The molecule has 1 aromatic carbocycles. The van der Waals surface area contributed by atoms with Gasteiger partial charge >= 0.3 is 0 Å². The molecule has 0 aliphatic carbocycles. The van der Waals surface area contributed by atoms with Crippen LogP contribution in [0.25, 0.3) is 0 Å². The van der Waals surface area contributed by atoms with Crippen LogP contribution in [0.5, 0.6) is 0 Å². The number of benzene rings is 1. The van der Waals surface area contributed by atoms with Crippen LogP contribution in [-0.4, -0.2) is 21.0 Å². The molecule has 19 heavy (non-hydrogen) atoms. The number of nitrogens with one attached hydrogen (secondary N) is 1. The van der Waals surface area contributed by atoms with E-state index in [1.807, 2.05) is 26.0 Å². The van der Waals surface area contributed by atoms with Gasteiger partial charge in [0.25, 0.3) is 0 Å². The van der Waals surface area contributed by atoms with Crippen molar-refractivity contribution < 1.29 is 8.42 Å². The van der Waals surface area contributed by atoms with Crippen LogP contribution in [0.2, 0.25) is 0 Å². The molecule has 5 heteroatoms. The van der Waals surface area contributed by atoms with E-state index in [1.165, 1.54) is 0 Å². The smallest absolute Gasteiger partial charge is 0.240 e. The van der Waals surface area contributed by atoms with Crippen LogP contribution in [0.4, 0.5) is 0 Å². The molecule has 0 heterocycles. The van der Waals surface area contributed by atoms with Gasteiger partial charge in [-0.1, -0.05) is 39.3 Å². The number of sulfonamides is 1. The van der Waals surface area contributed by atoms with Gasteiger partial charge in [0.1, 0.15) is 0 Å². The van der Waals surface area contributed by atoms with Crippen LogP contribution < -0.4 is 10.5 Å². The molecule has 1 unspecified atom stereocenters. The molecule has 0 aliphatic heterocycles. The fourth-order valence-corrected chi connectivity index (χ4v) is 2.72. The minimum absolute atomic E-state index is 0.172. The third-order valence-electron chi connectivity index (χ3n) is 3.14. The maximum atomic E-state index is 12.1. The normalized spacial score (nSPS) is 13.7. The SMILES string of the molecule is CCCc1ccc(S(=O)(=O)NCC(N)C(C)C)cc1. The minimum Gasteiger partial charge on any atom is -0.326 e. The van der Waals surface area contributed by atoms with Crippen molar-refractivity contribution in [1.82, 2.24) is 4.72 Å². The largest absolute Gasteiger partial charge is 0.326 e. The number of hydrogen-bond acceptors (Lipinski definition) is 3. The quantitative estimate of drug-likeness (QED) is 0.803. The van der Waals surface area contributed by atoms with Crippen molar-refractivity contribution in [3.05, 3.63) is 29.8 Å². The number of nitrogens with two attached hydrogens (primary N) is 1. The Morgan fingerprint density at radius 2 is 1.79 bits per heavy atom. The molecule has 0 fully saturated rings. The summed E-state index contributed by atoms with van der Waals surface area (Å²) in [5.41, 5.74) is 6.99. The van der Waals surface area contributed by atoms with E-state index in [-0.39, 0.29) is 18.5 Å². The molecule has 0 amide bonds. The van der Waals surface area contributed by atoms with Crippen molar-refractivity contribution >= 4 is 10.0 Å². The Balaban J connectivity index is 2.71. The van der Waals surface area contributed by atoms with Crippen LogP contribution >= 0.6 is 0 Å².